The van der Waals surface area contributed by atoms with Gasteiger partial charge in [-0.3, -0.25) is 9.69 Å². The van der Waals surface area contributed by atoms with E-state index in [4.69, 9.17) is 10.2 Å². The number of hydrogen-bond acceptors (Lipinski definition) is 4. The number of anilines is 2. The van der Waals surface area contributed by atoms with Gasteiger partial charge in [-0.15, -0.1) is 0 Å². The van der Waals surface area contributed by atoms with Gasteiger partial charge < -0.3 is 15.5 Å². The molecule has 0 fully saturated rings. The van der Waals surface area contributed by atoms with Gasteiger partial charge in [0.05, 0.1) is 17.2 Å². The Morgan fingerprint density at radius 1 is 0.774 bits per heavy atom. The second-order valence-corrected chi connectivity index (χ2v) is 6.97. The molecule has 7 nitrogen and oxygen atoms in total. The fourth-order valence-electron chi connectivity index (χ4n) is 3.44. The molecule has 1 aliphatic heterocycles. The summed E-state index contributed by atoms with van der Waals surface area (Å²) in [7, 11) is 0. The van der Waals surface area contributed by atoms with Gasteiger partial charge in [-0.25, -0.2) is 9.59 Å². The highest BCUT2D eigenvalue weighted by atomic mass is 16.4. The molecule has 0 radical (unpaired) electrons. The van der Waals surface area contributed by atoms with E-state index >= 15 is 0 Å². The minimum absolute atomic E-state index is 0.136. The second-order valence-electron chi connectivity index (χ2n) is 6.97. The molecule has 0 aromatic heterocycles. The number of nitrogens with one attached hydrogen (secondary N) is 1. The van der Waals surface area contributed by atoms with Crippen LogP contribution in [0.1, 0.15) is 32.3 Å². The van der Waals surface area contributed by atoms with Gasteiger partial charge in [-0.1, -0.05) is 30.3 Å². The Kier molecular flexibility index (Phi) is 5.24. The molecule has 3 aromatic carbocycles. The van der Waals surface area contributed by atoms with Crippen molar-refractivity contribution in [2.75, 3.05) is 10.2 Å². The third-order valence-corrected chi connectivity index (χ3v) is 5.00. The summed E-state index contributed by atoms with van der Waals surface area (Å²) in [5.74, 6) is -2.34. The van der Waals surface area contributed by atoms with E-state index < -0.39 is 11.9 Å². The average molecular weight is 414 g/mol. The number of benzene rings is 3. The molecule has 31 heavy (non-hydrogen) atoms. The first kappa shape index (κ1) is 19.9. The Balaban J connectivity index is 1.67. The average Bonchev–Trinajstić information content (AvgIpc) is 3.10. The van der Waals surface area contributed by atoms with Gasteiger partial charge in [0.1, 0.15) is 5.70 Å². The van der Waals surface area contributed by atoms with E-state index in [0.29, 0.717) is 17.1 Å². The van der Waals surface area contributed by atoms with E-state index in [1.54, 1.807) is 35.2 Å². The lowest BCUT2D eigenvalue weighted by molar-refractivity contribution is -0.114. The molecule has 1 heterocycles. The first-order valence-corrected chi connectivity index (χ1v) is 9.48. The van der Waals surface area contributed by atoms with Crippen molar-refractivity contribution in [1.82, 2.24) is 0 Å². The Morgan fingerprint density at radius 3 is 1.87 bits per heavy atom. The monoisotopic (exact) mass is 414 g/mol. The van der Waals surface area contributed by atoms with Crippen LogP contribution in [0.4, 0.5) is 11.4 Å². The summed E-state index contributed by atoms with van der Waals surface area (Å²) in [6.07, 6.45) is 1.80. The van der Waals surface area contributed by atoms with Crippen molar-refractivity contribution in [2.24, 2.45) is 0 Å². The molecule has 0 saturated heterocycles. The fourth-order valence-corrected chi connectivity index (χ4v) is 3.44. The van der Waals surface area contributed by atoms with E-state index in [-0.39, 0.29) is 23.1 Å². The summed E-state index contributed by atoms with van der Waals surface area (Å²) in [6, 6.07) is 21.4. The van der Waals surface area contributed by atoms with Crippen molar-refractivity contribution >= 4 is 29.2 Å². The van der Waals surface area contributed by atoms with Crippen LogP contribution in [0.2, 0.25) is 0 Å². The van der Waals surface area contributed by atoms with Gasteiger partial charge in [0.2, 0.25) is 0 Å². The molecule has 0 spiro atoms. The number of carboxylic acid groups (broad SMARTS) is 2. The maximum Gasteiger partial charge on any atom is 0.335 e. The fraction of sp³-hybridized carbons (Fsp3) is 0.0417. The highest BCUT2D eigenvalue weighted by Crippen LogP contribution is 2.36. The summed E-state index contributed by atoms with van der Waals surface area (Å²) < 4.78 is 0. The lowest BCUT2D eigenvalue weighted by Gasteiger charge is -2.25. The quantitative estimate of drug-likeness (QED) is 0.559. The van der Waals surface area contributed by atoms with Crippen LogP contribution >= 0.6 is 0 Å². The number of carboxylic acids is 2. The van der Waals surface area contributed by atoms with Crippen LogP contribution in [0.3, 0.4) is 0 Å². The van der Waals surface area contributed by atoms with Crippen LogP contribution in [-0.4, -0.2) is 28.1 Å². The lowest BCUT2D eigenvalue weighted by atomic mass is 10.1. The minimum atomic E-state index is -1.04. The maximum atomic E-state index is 13.3. The summed E-state index contributed by atoms with van der Waals surface area (Å²) in [5, 5.41) is 21.3. The SMILES string of the molecule is O=C(O)c1ccc(NC2=C[C@H](c3ccccc3)N(c3ccc(C(=O)O)cc3)C2=O)cc1. The predicted molar refractivity (Wildman–Crippen MR) is 115 cm³/mol. The van der Waals surface area contributed by atoms with Gasteiger partial charge >= 0.3 is 11.9 Å². The zero-order valence-corrected chi connectivity index (χ0v) is 16.2. The first-order chi connectivity index (χ1) is 14.9. The van der Waals surface area contributed by atoms with Crippen molar-refractivity contribution in [1.29, 1.82) is 0 Å². The molecule has 1 aliphatic rings. The highest BCUT2D eigenvalue weighted by Gasteiger charge is 2.34. The molecule has 3 aromatic rings. The largest absolute Gasteiger partial charge is 0.478 e. The van der Waals surface area contributed by atoms with E-state index in [0.717, 1.165) is 5.56 Å². The molecule has 7 heteroatoms. The Labute approximate surface area is 177 Å². The number of aromatic carboxylic acids is 2. The van der Waals surface area contributed by atoms with Crippen molar-refractivity contribution in [3.8, 4) is 0 Å². The third kappa shape index (κ3) is 4.02. The third-order valence-electron chi connectivity index (χ3n) is 5.00. The molecular formula is C24H18N2O5. The molecule has 1 amide bonds. The van der Waals surface area contributed by atoms with Crippen LogP contribution in [0, 0.1) is 0 Å². The molecule has 0 saturated carbocycles. The summed E-state index contributed by atoms with van der Waals surface area (Å²) in [6.45, 7) is 0. The number of carbonyl (C=O) groups is 3. The van der Waals surface area contributed by atoms with E-state index in [1.165, 1.54) is 24.3 Å². The van der Waals surface area contributed by atoms with Gasteiger partial charge in [-0.2, -0.15) is 0 Å². The smallest absolute Gasteiger partial charge is 0.335 e. The molecule has 1 atom stereocenters. The molecule has 3 N–H and O–H groups in total. The summed E-state index contributed by atoms with van der Waals surface area (Å²) in [4.78, 5) is 37.1. The van der Waals surface area contributed by atoms with Gasteiger partial charge in [0, 0.05) is 11.4 Å². The lowest BCUT2D eigenvalue weighted by Crippen LogP contribution is -2.30. The maximum absolute atomic E-state index is 13.3. The number of rotatable bonds is 6. The van der Waals surface area contributed by atoms with E-state index in [2.05, 4.69) is 5.32 Å². The summed E-state index contributed by atoms with van der Waals surface area (Å²) in [5.41, 5.74) is 2.68. The van der Waals surface area contributed by atoms with Crippen LogP contribution in [0.25, 0.3) is 0 Å². The first-order valence-electron chi connectivity index (χ1n) is 9.48. The van der Waals surface area contributed by atoms with Crippen molar-refractivity contribution in [3.05, 3.63) is 107 Å². The number of hydrogen-bond donors (Lipinski definition) is 3. The van der Waals surface area contributed by atoms with Crippen LogP contribution in [0.15, 0.2) is 90.6 Å². The van der Waals surface area contributed by atoms with Gasteiger partial charge in [0.15, 0.2) is 0 Å². The zero-order valence-electron chi connectivity index (χ0n) is 16.2. The molecule has 0 bridgehead atoms. The predicted octanol–water partition coefficient (Wildman–Crippen LogP) is 4.17. The Hall–Kier alpha value is -4.39. The second kappa shape index (κ2) is 8.16. The molecule has 4 rings (SSSR count). The van der Waals surface area contributed by atoms with Crippen molar-refractivity contribution in [2.45, 2.75) is 6.04 Å². The van der Waals surface area contributed by atoms with Gasteiger partial charge in [-0.05, 0) is 60.2 Å². The topological polar surface area (TPSA) is 107 Å². The van der Waals surface area contributed by atoms with E-state index in [9.17, 15) is 14.4 Å². The van der Waals surface area contributed by atoms with Crippen molar-refractivity contribution < 1.29 is 24.6 Å². The van der Waals surface area contributed by atoms with Crippen LogP contribution in [0.5, 0.6) is 0 Å². The molecular weight excluding hydrogens is 396 g/mol. The zero-order chi connectivity index (χ0) is 22.0. The number of amides is 1. The summed E-state index contributed by atoms with van der Waals surface area (Å²) >= 11 is 0. The van der Waals surface area contributed by atoms with Crippen LogP contribution < -0.4 is 10.2 Å². The molecule has 154 valence electrons. The van der Waals surface area contributed by atoms with Gasteiger partial charge in [0.25, 0.3) is 5.91 Å². The standard InChI is InChI=1S/C24H18N2O5/c27-22-20(25-18-10-6-16(7-11-18)23(28)29)14-21(15-4-2-1-3-5-15)26(22)19-12-8-17(9-13-19)24(30)31/h1-14,21,25H,(H,28,29)(H,30,31)/t21-/m1/s1. The highest BCUT2D eigenvalue weighted by molar-refractivity contribution is 6.11. The van der Waals surface area contributed by atoms with E-state index in [1.807, 2.05) is 30.3 Å². The number of carbonyl (C=O) groups excluding carboxylic acids is 1. The normalized spacial score (nSPS) is 15.5. The molecule has 0 unspecified atom stereocenters. The van der Waals surface area contributed by atoms with Crippen LogP contribution in [-0.2, 0) is 4.79 Å². The minimum Gasteiger partial charge on any atom is -0.478 e. The molecule has 0 aliphatic carbocycles. The van der Waals surface area contributed by atoms with Crippen molar-refractivity contribution in [3.63, 3.8) is 0 Å². The Morgan fingerprint density at radius 2 is 1.32 bits per heavy atom. The number of nitrogens with zero attached hydrogens (tertiary/aromatic N) is 1. The Bertz CT molecular complexity index is 1170.